The van der Waals surface area contributed by atoms with Crippen LogP contribution in [-0.4, -0.2) is 180 Å². The van der Waals surface area contributed by atoms with Crippen LogP contribution in [0.3, 0.4) is 0 Å². The van der Waals surface area contributed by atoms with Gasteiger partial charge in [-0.1, -0.05) is 107 Å². The number of amides is 4. The second-order valence-corrected chi connectivity index (χ2v) is 34.3. The Bertz CT molecular complexity index is 4540. The third-order valence-corrected chi connectivity index (χ3v) is 24.0. The number of likely N-dealkylation sites (tertiary alicyclic amines) is 2. The minimum atomic E-state index is -0.679. The maximum absolute atomic E-state index is 13.6. The second-order valence-electron chi connectivity index (χ2n) is 32.8. The molecule has 8 heterocycles. The molecule has 114 heavy (non-hydrogen) atoms. The minimum absolute atomic E-state index is 0.0317. The number of piperidine rings is 2. The second kappa shape index (κ2) is 35.3. The average molecular weight is 1630 g/mol. The van der Waals surface area contributed by atoms with Crippen LogP contribution >= 0.6 is 46.4 Å². The van der Waals surface area contributed by atoms with Crippen LogP contribution < -0.4 is 29.6 Å². The van der Waals surface area contributed by atoms with Gasteiger partial charge in [-0.25, -0.2) is 19.6 Å². The van der Waals surface area contributed by atoms with Crippen molar-refractivity contribution in [3.63, 3.8) is 0 Å². The van der Waals surface area contributed by atoms with Gasteiger partial charge in [0.25, 0.3) is 0 Å². The summed E-state index contributed by atoms with van der Waals surface area (Å²) in [5.41, 5.74) is 11.4. The molecule has 2 N–H and O–H groups in total. The highest BCUT2D eigenvalue weighted by molar-refractivity contribution is 6.40. The average Bonchev–Trinajstić information content (AvgIpc) is 0.621. The Morgan fingerprint density at radius 1 is 0.474 bits per heavy atom. The summed E-state index contributed by atoms with van der Waals surface area (Å²) in [6.45, 7) is 21.9. The maximum Gasteiger partial charge on any atom is 0.410 e. The summed E-state index contributed by atoms with van der Waals surface area (Å²) in [4.78, 5) is 77.3. The number of ether oxygens (including phenoxy) is 8. The number of hydrogen-bond donors (Lipinski definition) is 2. The van der Waals surface area contributed by atoms with E-state index in [1.165, 1.54) is 0 Å². The number of carbonyl (C=O) groups excluding carboxylic acids is 4. The summed E-state index contributed by atoms with van der Waals surface area (Å²) in [6, 6.07) is 35.6. The first-order chi connectivity index (χ1) is 54.5. The molecular weight excluding hydrogens is 1530 g/mol. The predicted octanol–water partition coefficient (Wildman–Crippen LogP) is 17.6. The zero-order chi connectivity index (χ0) is 81.0. The standard InChI is InChI=1S/2C44H51Cl2N5O6/c2*1-27(52)50-18-15-32(16-19-50)51(42(53)57-43(2,3)4)24-30-12-13-36(49-41(30)55-6)35-9-7-8-33(38(35)45)34-14-17-47-40(39(34)46)28-10-11-29(37(20-28)54-5)23-48-31-21-44(22-31)25-56-26-44/h2*7-14,17,20,31-32,48H,15-16,18-19,21-26H2,1-6H3. The van der Waals surface area contributed by atoms with E-state index in [-0.39, 0.29) is 37.0 Å². The number of rotatable bonds is 22. The maximum atomic E-state index is 13.6. The van der Waals surface area contributed by atoms with Crippen molar-refractivity contribution in [2.75, 3.05) is 81.0 Å². The van der Waals surface area contributed by atoms with Gasteiger partial charge in [-0.2, -0.15) is 0 Å². The van der Waals surface area contributed by atoms with Crippen LogP contribution in [0, 0.1) is 10.8 Å². The molecule has 4 aliphatic heterocycles. The lowest BCUT2D eigenvalue weighted by Crippen LogP contribution is -2.58. The van der Waals surface area contributed by atoms with Crippen molar-refractivity contribution in [1.29, 1.82) is 0 Å². The molecule has 604 valence electrons. The first kappa shape index (κ1) is 83.1. The Kier molecular flexibility index (Phi) is 25.8. The van der Waals surface area contributed by atoms with Gasteiger partial charge in [-0.15, -0.1) is 0 Å². The highest BCUT2D eigenvalue weighted by Crippen LogP contribution is 2.50. The van der Waals surface area contributed by atoms with Crippen LogP contribution in [0.15, 0.2) is 122 Å². The summed E-state index contributed by atoms with van der Waals surface area (Å²) in [5, 5.41) is 9.21. The number of pyridine rings is 4. The van der Waals surface area contributed by atoms with E-state index in [1.54, 1.807) is 64.5 Å². The normalized spacial score (nSPS) is 17.3. The lowest BCUT2D eigenvalue weighted by atomic mass is 9.64. The highest BCUT2D eigenvalue weighted by atomic mass is 35.5. The Balaban J connectivity index is 0.000000199. The molecule has 6 aliphatic rings. The predicted molar refractivity (Wildman–Crippen MR) is 443 cm³/mol. The molecule has 0 bridgehead atoms. The lowest BCUT2D eigenvalue weighted by Gasteiger charge is -2.53. The zero-order valence-corrected chi connectivity index (χ0v) is 70.0. The molecule has 0 unspecified atom stereocenters. The van der Waals surface area contributed by atoms with E-state index in [4.69, 9.17) is 94.3 Å². The van der Waals surface area contributed by atoms with E-state index in [1.807, 2.05) is 148 Å². The zero-order valence-electron chi connectivity index (χ0n) is 67.0. The fourth-order valence-electron chi connectivity index (χ4n) is 16.2. The van der Waals surface area contributed by atoms with Crippen LogP contribution in [0.25, 0.3) is 67.3 Å². The summed E-state index contributed by atoms with van der Waals surface area (Å²) in [5.74, 6) is 2.32. The van der Waals surface area contributed by atoms with Gasteiger partial charge in [-0.05, 0) is 141 Å². The van der Waals surface area contributed by atoms with Crippen LogP contribution in [0.1, 0.15) is 129 Å². The number of aromatic nitrogens is 4. The molecule has 2 spiro atoms. The molecule has 4 saturated heterocycles. The third-order valence-electron chi connectivity index (χ3n) is 22.4. The fraction of sp³-hybridized carbons (Fsp3) is 0.455. The van der Waals surface area contributed by atoms with Crippen molar-refractivity contribution in [2.45, 2.75) is 168 Å². The van der Waals surface area contributed by atoms with Gasteiger partial charge in [0.1, 0.15) is 22.7 Å². The summed E-state index contributed by atoms with van der Waals surface area (Å²) in [7, 11) is 6.47. The molecule has 6 fully saturated rings. The van der Waals surface area contributed by atoms with E-state index in [0.29, 0.717) is 165 Å². The summed E-state index contributed by atoms with van der Waals surface area (Å²) < 4.78 is 45.8. The Hall–Kier alpha value is -8.84. The van der Waals surface area contributed by atoms with Crippen molar-refractivity contribution < 1.29 is 57.1 Å². The molecule has 4 aromatic carbocycles. The molecule has 0 atom stereocenters. The fourth-order valence-corrected chi connectivity index (χ4v) is 17.5. The van der Waals surface area contributed by atoms with Crippen LogP contribution in [-0.2, 0) is 54.7 Å². The number of halogens is 4. The number of methoxy groups -OCH3 is 4. The SMILES string of the molecule is COc1cc(-c2nccc(-c3cccc(-c4ccc(CN(C(=O)OC(C)(C)C)C5CCN(C(C)=O)CC5)c(OC)n4)c3Cl)c2Cl)ccc1CNC1CC2(COC2)C1.COc1cc(-c2nccc(-c3cccc(-c4ccc(CN(C(=O)OC(C)(C)C)C5CCN(C(C)=O)CC5)c(OC)n4)c3Cl)c2Cl)ccc1CNC1CC2(COC2)C1. The van der Waals surface area contributed by atoms with Gasteiger partial charge >= 0.3 is 12.2 Å². The van der Waals surface area contributed by atoms with Crippen LogP contribution in [0.4, 0.5) is 9.59 Å². The molecule has 0 radical (unpaired) electrons. The molecule has 8 aromatic rings. The smallest absolute Gasteiger partial charge is 0.410 e. The van der Waals surface area contributed by atoms with Gasteiger partial charge < -0.3 is 68.1 Å². The quantitative estimate of drug-likeness (QED) is 0.0642. The van der Waals surface area contributed by atoms with E-state index in [9.17, 15) is 19.2 Å². The largest absolute Gasteiger partial charge is 0.496 e. The number of nitrogens with one attached hydrogen (secondary N) is 2. The Morgan fingerprint density at radius 2 is 0.825 bits per heavy atom. The van der Waals surface area contributed by atoms with Crippen LogP contribution in [0.2, 0.25) is 20.1 Å². The minimum Gasteiger partial charge on any atom is -0.496 e. The number of benzene rings is 4. The number of nitrogens with zero attached hydrogens (tertiary/aromatic N) is 8. The summed E-state index contributed by atoms with van der Waals surface area (Å²) in [6.07, 6.45) is 9.78. The van der Waals surface area contributed by atoms with Gasteiger partial charge in [0.2, 0.25) is 23.6 Å². The number of hydrogen-bond acceptors (Lipinski definition) is 18. The Morgan fingerprint density at radius 3 is 1.15 bits per heavy atom. The monoisotopic (exact) mass is 1630 g/mol. The Labute approximate surface area is 688 Å². The molecule has 14 rings (SSSR count). The molecule has 4 aromatic heterocycles. The van der Waals surface area contributed by atoms with Crippen molar-refractivity contribution in [2.24, 2.45) is 10.8 Å². The topological polar surface area (TPSA) is 231 Å². The van der Waals surface area contributed by atoms with Crippen LogP contribution in [0.5, 0.6) is 23.3 Å². The van der Waals surface area contributed by atoms with E-state index >= 15 is 0 Å². The first-order valence-corrected chi connectivity index (χ1v) is 40.5. The van der Waals surface area contributed by atoms with Crippen molar-refractivity contribution >= 4 is 70.4 Å². The van der Waals surface area contributed by atoms with E-state index in [0.717, 1.165) is 108 Å². The van der Waals surface area contributed by atoms with E-state index < -0.39 is 23.4 Å². The van der Waals surface area contributed by atoms with Crippen molar-refractivity contribution in [3.05, 3.63) is 164 Å². The van der Waals surface area contributed by atoms with Gasteiger partial charge in [0.05, 0.1) is 111 Å². The van der Waals surface area contributed by atoms with Gasteiger partial charge in [-0.3, -0.25) is 19.6 Å². The third kappa shape index (κ3) is 18.8. The highest BCUT2D eigenvalue weighted by Gasteiger charge is 2.51. The van der Waals surface area contributed by atoms with Gasteiger partial charge in [0, 0.05) is 167 Å². The van der Waals surface area contributed by atoms with Crippen molar-refractivity contribution in [1.82, 2.24) is 50.2 Å². The molecule has 2 saturated carbocycles. The molecule has 22 nitrogen and oxygen atoms in total. The first-order valence-electron chi connectivity index (χ1n) is 39.0. The van der Waals surface area contributed by atoms with Gasteiger partial charge in [0.15, 0.2) is 0 Å². The van der Waals surface area contributed by atoms with Crippen molar-refractivity contribution in [3.8, 4) is 90.5 Å². The molecule has 4 amide bonds. The summed E-state index contributed by atoms with van der Waals surface area (Å²) >= 11 is 28.7. The number of carbonyl (C=O) groups is 4. The lowest BCUT2D eigenvalue weighted by molar-refractivity contribution is -0.167. The molecule has 2 aliphatic carbocycles. The molecular formula is C88H102Cl4N10O12. The van der Waals surface area contributed by atoms with E-state index in [2.05, 4.69) is 32.7 Å². The molecule has 26 heteroatoms.